The Morgan fingerprint density at radius 1 is 1.28 bits per heavy atom. The van der Waals surface area contributed by atoms with Gasteiger partial charge in [-0.15, -0.1) is 0 Å². The normalized spacial score (nSPS) is 13.1. The van der Waals surface area contributed by atoms with Crippen LogP contribution in [0.25, 0.3) is 0 Å². The number of nitrogens with zero attached hydrogens (tertiary/aromatic N) is 2. The van der Waals surface area contributed by atoms with E-state index in [1.807, 2.05) is 39.2 Å². The van der Waals surface area contributed by atoms with Gasteiger partial charge < -0.3 is 15.1 Å². The summed E-state index contributed by atoms with van der Waals surface area (Å²) in [5.74, 6) is 1.40. The van der Waals surface area contributed by atoms with Crippen molar-refractivity contribution in [1.82, 2.24) is 15.5 Å². The molecule has 2 N–H and O–H groups in total. The third kappa shape index (κ3) is 5.60. The Labute approximate surface area is 148 Å². The van der Waals surface area contributed by atoms with Gasteiger partial charge in [0.1, 0.15) is 11.6 Å². The van der Waals surface area contributed by atoms with Crippen LogP contribution in [0, 0.1) is 12.7 Å². The minimum Gasteiger partial charge on any atom is -0.468 e. The van der Waals surface area contributed by atoms with Gasteiger partial charge in [-0.05, 0) is 57.3 Å². The van der Waals surface area contributed by atoms with Crippen molar-refractivity contribution in [3.8, 4) is 0 Å². The number of aliphatic imine (C=N–C) groups is 1. The molecular formula is C19H27FN4O. The van der Waals surface area contributed by atoms with E-state index in [-0.39, 0.29) is 11.9 Å². The molecule has 2 rings (SSSR count). The van der Waals surface area contributed by atoms with Gasteiger partial charge in [0.25, 0.3) is 0 Å². The van der Waals surface area contributed by atoms with Gasteiger partial charge in [-0.2, -0.15) is 0 Å². The first kappa shape index (κ1) is 19.0. The molecule has 5 nitrogen and oxygen atoms in total. The van der Waals surface area contributed by atoms with Crippen molar-refractivity contribution in [3.05, 3.63) is 59.3 Å². The molecule has 1 unspecified atom stereocenters. The topological polar surface area (TPSA) is 52.8 Å². The Morgan fingerprint density at radius 2 is 2.08 bits per heavy atom. The predicted octanol–water partition coefficient (Wildman–Crippen LogP) is 3.09. The average molecular weight is 346 g/mol. The van der Waals surface area contributed by atoms with Gasteiger partial charge in [0.15, 0.2) is 5.96 Å². The molecular weight excluding hydrogens is 319 g/mol. The Bertz CT molecular complexity index is 683. The first-order valence-electron chi connectivity index (χ1n) is 8.48. The Morgan fingerprint density at radius 3 is 2.68 bits per heavy atom. The van der Waals surface area contributed by atoms with E-state index in [1.54, 1.807) is 19.3 Å². The molecule has 2 aromatic rings. The molecule has 1 aromatic carbocycles. The van der Waals surface area contributed by atoms with Crippen LogP contribution in [0.2, 0.25) is 0 Å². The quantitative estimate of drug-likeness (QED) is 0.598. The third-order valence-corrected chi connectivity index (χ3v) is 3.96. The van der Waals surface area contributed by atoms with Crippen LogP contribution in [0.4, 0.5) is 4.39 Å². The lowest BCUT2D eigenvalue weighted by molar-refractivity contribution is 0.258. The van der Waals surface area contributed by atoms with Crippen molar-refractivity contribution in [3.63, 3.8) is 0 Å². The second-order valence-corrected chi connectivity index (χ2v) is 6.15. The van der Waals surface area contributed by atoms with Gasteiger partial charge >= 0.3 is 0 Å². The fraction of sp³-hybridized carbons (Fsp3) is 0.421. The van der Waals surface area contributed by atoms with Crippen molar-refractivity contribution in [2.24, 2.45) is 4.99 Å². The monoisotopic (exact) mass is 346 g/mol. The van der Waals surface area contributed by atoms with Crippen molar-refractivity contribution >= 4 is 5.96 Å². The lowest BCUT2D eigenvalue weighted by atomic mass is 10.1. The van der Waals surface area contributed by atoms with Crippen LogP contribution in [0.15, 0.2) is 46.0 Å². The number of hydrogen-bond acceptors (Lipinski definition) is 3. The highest BCUT2D eigenvalue weighted by Gasteiger charge is 2.17. The zero-order valence-electron chi connectivity index (χ0n) is 15.3. The van der Waals surface area contributed by atoms with Crippen LogP contribution in [-0.2, 0) is 6.54 Å². The van der Waals surface area contributed by atoms with E-state index >= 15 is 0 Å². The summed E-state index contributed by atoms with van der Waals surface area (Å²) < 4.78 is 19.2. The van der Waals surface area contributed by atoms with Crippen molar-refractivity contribution in [1.29, 1.82) is 0 Å². The summed E-state index contributed by atoms with van der Waals surface area (Å²) in [6.07, 6.45) is 1.68. The van der Waals surface area contributed by atoms with Gasteiger partial charge in [-0.1, -0.05) is 12.1 Å². The number of furan rings is 1. The van der Waals surface area contributed by atoms with Crippen LogP contribution >= 0.6 is 0 Å². The average Bonchev–Trinajstić information content (AvgIpc) is 3.09. The molecule has 0 aliphatic heterocycles. The summed E-state index contributed by atoms with van der Waals surface area (Å²) in [5, 5.41) is 6.54. The lowest BCUT2D eigenvalue weighted by Gasteiger charge is -2.23. The maximum absolute atomic E-state index is 13.7. The summed E-state index contributed by atoms with van der Waals surface area (Å²) >= 11 is 0. The molecule has 1 atom stereocenters. The summed E-state index contributed by atoms with van der Waals surface area (Å²) in [4.78, 5) is 6.63. The van der Waals surface area contributed by atoms with E-state index in [4.69, 9.17) is 4.42 Å². The highest BCUT2D eigenvalue weighted by molar-refractivity contribution is 5.79. The first-order valence-corrected chi connectivity index (χ1v) is 8.48. The molecule has 1 aromatic heterocycles. The number of halogens is 1. The summed E-state index contributed by atoms with van der Waals surface area (Å²) in [6, 6.07) is 9.16. The van der Waals surface area contributed by atoms with E-state index in [2.05, 4.69) is 20.5 Å². The zero-order chi connectivity index (χ0) is 18.2. The van der Waals surface area contributed by atoms with Gasteiger partial charge in [0.2, 0.25) is 0 Å². The van der Waals surface area contributed by atoms with Crippen LogP contribution in [-0.4, -0.2) is 38.0 Å². The second-order valence-electron chi connectivity index (χ2n) is 6.15. The molecule has 0 saturated heterocycles. The smallest absolute Gasteiger partial charge is 0.191 e. The molecule has 0 aliphatic carbocycles. The zero-order valence-corrected chi connectivity index (χ0v) is 15.3. The minimum atomic E-state index is -0.198. The van der Waals surface area contributed by atoms with Crippen molar-refractivity contribution in [2.75, 3.05) is 27.2 Å². The molecule has 0 radical (unpaired) electrons. The standard InChI is InChI=1S/C19H27FN4O/c1-5-21-19(22-12-15-9-8-14(2)16(20)11-15)23-13-17(24(3)4)18-7-6-10-25-18/h6-11,17H,5,12-13H2,1-4H3,(H2,21,22,23). The highest BCUT2D eigenvalue weighted by Crippen LogP contribution is 2.17. The molecule has 6 heteroatoms. The second kappa shape index (κ2) is 9.22. The van der Waals surface area contributed by atoms with Crippen LogP contribution < -0.4 is 10.6 Å². The Kier molecular flexibility index (Phi) is 7.01. The molecule has 25 heavy (non-hydrogen) atoms. The summed E-state index contributed by atoms with van der Waals surface area (Å²) in [7, 11) is 4.02. The predicted molar refractivity (Wildman–Crippen MR) is 99.1 cm³/mol. The maximum Gasteiger partial charge on any atom is 0.191 e. The maximum atomic E-state index is 13.7. The fourth-order valence-corrected chi connectivity index (χ4v) is 2.46. The molecule has 1 heterocycles. The number of hydrogen-bond donors (Lipinski definition) is 2. The number of nitrogens with one attached hydrogen (secondary N) is 2. The van der Waals surface area contributed by atoms with E-state index in [0.29, 0.717) is 24.6 Å². The Balaban J connectivity index is 2.02. The number of guanidine groups is 1. The van der Waals surface area contributed by atoms with Crippen molar-refractivity contribution < 1.29 is 8.81 Å². The molecule has 0 amide bonds. The van der Waals surface area contributed by atoms with E-state index in [9.17, 15) is 4.39 Å². The van der Waals surface area contributed by atoms with Gasteiger partial charge in [-0.3, -0.25) is 4.90 Å². The van der Waals surface area contributed by atoms with E-state index < -0.39 is 0 Å². The molecule has 0 spiro atoms. The highest BCUT2D eigenvalue weighted by atomic mass is 19.1. The summed E-state index contributed by atoms with van der Waals surface area (Å²) in [6.45, 7) is 5.58. The molecule has 0 bridgehead atoms. The van der Waals surface area contributed by atoms with Crippen LogP contribution in [0.5, 0.6) is 0 Å². The summed E-state index contributed by atoms with van der Waals surface area (Å²) in [5.41, 5.74) is 1.49. The Hall–Kier alpha value is -2.34. The SMILES string of the molecule is CCNC(=NCc1ccc(C)c(F)c1)NCC(c1ccco1)N(C)C. The number of benzene rings is 1. The van der Waals surface area contributed by atoms with Crippen molar-refractivity contribution in [2.45, 2.75) is 26.4 Å². The largest absolute Gasteiger partial charge is 0.468 e. The minimum absolute atomic E-state index is 0.0932. The van der Waals surface area contributed by atoms with Gasteiger partial charge in [0.05, 0.1) is 18.8 Å². The molecule has 0 aliphatic rings. The number of rotatable bonds is 7. The van der Waals surface area contributed by atoms with Gasteiger partial charge in [-0.25, -0.2) is 9.38 Å². The van der Waals surface area contributed by atoms with E-state index in [0.717, 1.165) is 17.9 Å². The number of aryl methyl sites for hydroxylation is 1. The van der Waals surface area contributed by atoms with Crippen LogP contribution in [0.1, 0.15) is 29.9 Å². The first-order chi connectivity index (χ1) is 12.0. The fourth-order valence-electron chi connectivity index (χ4n) is 2.46. The molecule has 0 fully saturated rings. The van der Waals surface area contributed by atoms with E-state index in [1.165, 1.54) is 6.07 Å². The van der Waals surface area contributed by atoms with Crippen LogP contribution in [0.3, 0.4) is 0 Å². The molecule has 0 saturated carbocycles. The number of likely N-dealkylation sites (N-methyl/N-ethyl adjacent to an activating group) is 1. The van der Waals surface area contributed by atoms with Gasteiger partial charge in [0, 0.05) is 13.1 Å². The third-order valence-electron chi connectivity index (χ3n) is 3.96. The molecule has 136 valence electrons. The lowest BCUT2D eigenvalue weighted by Crippen LogP contribution is -2.41.